The van der Waals surface area contributed by atoms with Gasteiger partial charge in [0, 0.05) is 25.9 Å². The topological polar surface area (TPSA) is 55.6 Å². The number of piperidine rings is 1. The molecule has 0 bridgehead atoms. The van der Waals surface area contributed by atoms with E-state index in [4.69, 9.17) is 10.5 Å². The first-order valence-corrected chi connectivity index (χ1v) is 9.26. The Hall–Kier alpha value is -1.20. The van der Waals surface area contributed by atoms with Gasteiger partial charge in [0.15, 0.2) is 0 Å². The van der Waals surface area contributed by atoms with Gasteiger partial charge in [0.2, 0.25) is 5.91 Å². The van der Waals surface area contributed by atoms with E-state index in [9.17, 15) is 4.79 Å². The van der Waals surface area contributed by atoms with Gasteiger partial charge in [-0.3, -0.25) is 4.79 Å². The Morgan fingerprint density at radius 3 is 2.82 bits per heavy atom. The molecular weight excluding hydrogens is 296 g/mol. The molecule has 0 unspecified atom stereocenters. The minimum absolute atomic E-state index is 0.0862. The molecule has 4 nitrogen and oxygen atoms in total. The van der Waals surface area contributed by atoms with Crippen molar-refractivity contribution in [2.45, 2.75) is 38.3 Å². The summed E-state index contributed by atoms with van der Waals surface area (Å²) in [5.41, 5.74) is 7.17. The number of carbonyl (C=O) groups is 1. The van der Waals surface area contributed by atoms with Crippen molar-refractivity contribution in [3.8, 4) is 5.75 Å². The Bertz CT molecular complexity index is 487. The minimum atomic E-state index is -0.360. The monoisotopic (exact) mass is 322 g/mol. The van der Waals surface area contributed by atoms with Gasteiger partial charge in [0.05, 0.1) is 6.04 Å². The third kappa shape index (κ3) is 4.92. The van der Waals surface area contributed by atoms with Gasteiger partial charge in [-0.15, -0.1) is 0 Å². The lowest BCUT2D eigenvalue weighted by molar-refractivity contribution is -0.134. The van der Waals surface area contributed by atoms with E-state index < -0.39 is 0 Å². The van der Waals surface area contributed by atoms with E-state index in [0.29, 0.717) is 0 Å². The molecule has 0 aromatic heterocycles. The molecule has 1 saturated heterocycles. The molecule has 1 aliphatic rings. The molecule has 1 fully saturated rings. The van der Waals surface area contributed by atoms with Gasteiger partial charge in [-0.25, -0.2) is 0 Å². The average Bonchev–Trinajstić information content (AvgIpc) is 2.52. The highest BCUT2D eigenvalue weighted by molar-refractivity contribution is 7.98. The summed E-state index contributed by atoms with van der Waals surface area (Å²) in [6.45, 7) is 3.54. The summed E-state index contributed by atoms with van der Waals surface area (Å²) in [6, 6.07) is 7.75. The molecule has 1 aliphatic heterocycles. The fourth-order valence-corrected chi connectivity index (χ4v) is 3.17. The lowest BCUT2D eigenvalue weighted by atomic mass is 10.1. The molecular formula is C17H26N2O2S. The average molecular weight is 322 g/mol. The van der Waals surface area contributed by atoms with Crippen LogP contribution in [0.3, 0.4) is 0 Å². The Morgan fingerprint density at radius 1 is 1.45 bits per heavy atom. The second kappa shape index (κ2) is 8.44. The normalized spacial score (nSPS) is 17.3. The zero-order valence-electron chi connectivity index (χ0n) is 13.5. The van der Waals surface area contributed by atoms with Crippen LogP contribution in [0.15, 0.2) is 24.3 Å². The maximum atomic E-state index is 12.3. The number of nitrogens with two attached hydrogens (primary N) is 1. The van der Waals surface area contributed by atoms with Crippen molar-refractivity contribution in [1.29, 1.82) is 0 Å². The highest BCUT2D eigenvalue weighted by Gasteiger charge is 2.26. The molecule has 22 heavy (non-hydrogen) atoms. The van der Waals surface area contributed by atoms with E-state index in [-0.39, 0.29) is 18.1 Å². The number of thioether (sulfide) groups is 1. The Labute approximate surface area is 137 Å². The predicted octanol–water partition coefficient (Wildman–Crippen LogP) is 2.45. The number of amides is 1. The Balaban J connectivity index is 1.79. The number of nitrogens with zero attached hydrogens (tertiary/aromatic N) is 1. The summed E-state index contributed by atoms with van der Waals surface area (Å²) in [4.78, 5) is 14.2. The molecule has 0 radical (unpaired) electrons. The molecule has 1 aromatic carbocycles. The highest BCUT2D eigenvalue weighted by atomic mass is 32.2. The van der Waals surface area contributed by atoms with Crippen LogP contribution in [0, 0.1) is 6.92 Å². The summed E-state index contributed by atoms with van der Waals surface area (Å²) in [6.07, 6.45) is 4.71. The first-order valence-electron chi connectivity index (χ1n) is 7.87. The second-order valence-electron chi connectivity index (χ2n) is 5.85. The van der Waals surface area contributed by atoms with Crippen molar-refractivity contribution in [3.05, 3.63) is 29.8 Å². The van der Waals surface area contributed by atoms with Crippen LogP contribution in [0.5, 0.6) is 5.75 Å². The third-order valence-corrected chi connectivity index (χ3v) is 4.64. The van der Waals surface area contributed by atoms with E-state index in [0.717, 1.165) is 43.9 Å². The van der Waals surface area contributed by atoms with Gasteiger partial charge in [-0.2, -0.15) is 11.8 Å². The quantitative estimate of drug-likeness (QED) is 0.874. The number of ether oxygens (including phenoxy) is 1. The summed E-state index contributed by atoms with van der Waals surface area (Å²) in [7, 11) is 0. The van der Waals surface area contributed by atoms with Crippen LogP contribution in [0.2, 0.25) is 0 Å². The Kier molecular flexibility index (Phi) is 6.58. The number of likely N-dealkylation sites (tertiary alicyclic amines) is 1. The van der Waals surface area contributed by atoms with Crippen LogP contribution < -0.4 is 10.5 Å². The van der Waals surface area contributed by atoms with Crippen LogP contribution in [-0.4, -0.2) is 48.1 Å². The molecule has 0 saturated carbocycles. The summed E-state index contributed by atoms with van der Waals surface area (Å²) < 4.78 is 6.02. The smallest absolute Gasteiger partial charge is 0.239 e. The number of hydrogen-bond acceptors (Lipinski definition) is 4. The predicted molar refractivity (Wildman–Crippen MR) is 92.4 cm³/mol. The molecule has 2 N–H and O–H groups in total. The SMILES string of the molecule is CSCC[C@H](N)C(=O)N1CCC(Oc2cccc(C)c2)CC1. The van der Waals surface area contributed by atoms with Crippen LogP contribution in [-0.2, 0) is 4.79 Å². The zero-order chi connectivity index (χ0) is 15.9. The highest BCUT2D eigenvalue weighted by Crippen LogP contribution is 2.20. The van der Waals surface area contributed by atoms with Crippen LogP contribution in [0.4, 0.5) is 0 Å². The van der Waals surface area contributed by atoms with Crippen LogP contribution >= 0.6 is 11.8 Å². The summed E-state index contributed by atoms with van der Waals surface area (Å²) in [5, 5.41) is 0. The van der Waals surface area contributed by atoms with Gasteiger partial charge in [0.1, 0.15) is 11.9 Å². The van der Waals surface area contributed by atoms with Crippen molar-refractivity contribution in [2.24, 2.45) is 5.73 Å². The molecule has 1 atom stereocenters. The van der Waals surface area contributed by atoms with Gasteiger partial charge in [-0.05, 0) is 43.0 Å². The maximum absolute atomic E-state index is 12.3. The van der Waals surface area contributed by atoms with Crippen molar-refractivity contribution in [2.75, 3.05) is 25.1 Å². The molecule has 122 valence electrons. The van der Waals surface area contributed by atoms with E-state index in [1.165, 1.54) is 5.56 Å². The Morgan fingerprint density at radius 2 is 2.18 bits per heavy atom. The van der Waals surface area contributed by atoms with Crippen molar-refractivity contribution < 1.29 is 9.53 Å². The third-order valence-electron chi connectivity index (χ3n) is 4.00. The van der Waals surface area contributed by atoms with Crippen molar-refractivity contribution in [3.63, 3.8) is 0 Å². The van der Waals surface area contributed by atoms with Gasteiger partial charge < -0.3 is 15.4 Å². The van der Waals surface area contributed by atoms with Crippen molar-refractivity contribution >= 4 is 17.7 Å². The molecule has 1 amide bonds. The standard InChI is InChI=1S/C17H26N2O2S/c1-13-4-3-5-15(12-13)21-14-6-9-19(10-7-14)17(20)16(18)8-11-22-2/h3-5,12,14,16H,6-11,18H2,1-2H3/t16-/m0/s1. The molecule has 0 aliphatic carbocycles. The fraction of sp³-hybridized carbons (Fsp3) is 0.588. The van der Waals surface area contributed by atoms with Crippen LogP contribution in [0.25, 0.3) is 0 Å². The van der Waals surface area contributed by atoms with Gasteiger partial charge in [0.25, 0.3) is 0 Å². The minimum Gasteiger partial charge on any atom is -0.490 e. The van der Waals surface area contributed by atoms with Gasteiger partial charge in [-0.1, -0.05) is 12.1 Å². The lowest BCUT2D eigenvalue weighted by Crippen LogP contribution is -2.48. The first kappa shape index (κ1) is 17.2. The van der Waals surface area contributed by atoms with E-state index >= 15 is 0 Å². The van der Waals surface area contributed by atoms with E-state index in [2.05, 4.69) is 19.1 Å². The second-order valence-corrected chi connectivity index (χ2v) is 6.83. The molecule has 0 spiro atoms. The zero-order valence-corrected chi connectivity index (χ0v) is 14.3. The number of benzene rings is 1. The van der Waals surface area contributed by atoms with Gasteiger partial charge >= 0.3 is 0 Å². The summed E-state index contributed by atoms with van der Waals surface area (Å²) in [5.74, 6) is 1.93. The number of rotatable bonds is 6. The number of hydrogen-bond donors (Lipinski definition) is 1. The van der Waals surface area contributed by atoms with Crippen LogP contribution in [0.1, 0.15) is 24.8 Å². The largest absolute Gasteiger partial charge is 0.490 e. The van der Waals surface area contributed by atoms with E-state index in [1.54, 1.807) is 11.8 Å². The fourth-order valence-electron chi connectivity index (χ4n) is 2.68. The number of aryl methyl sites for hydroxylation is 1. The molecule has 5 heteroatoms. The first-order chi connectivity index (χ1) is 10.6. The van der Waals surface area contributed by atoms with E-state index in [1.807, 2.05) is 23.3 Å². The lowest BCUT2D eigenvalue weighted by Gasteiger charge is -2.33. The molecule has 1 aromatic rings. The summed E-state index contributed by atoms with van der Waals surface area (Å²) >= 11 is 1.73. The van der Waals surface area contributed by atoms with Crippen molar-refractivity contribution in [1.82, 2.24) is 4.90 Å². The maximum Gasteiger partial charge on any atom is 0.239 e. The number of carbonyl (C=O) groups excluding carboxylic acids is 1. The molecule has 2 rings (SSSR count). The molecule has 1 heterocycles.